The molecule has 0 spiro atoms. The molecule has 0 saturated carbocycles. The van der Waals surface area contributed by atoms with Crippen molar-refractivity contribution < 1.29 is 14.7 Å². The van der Waals surface area contributed by atoms with Crippen LogP contribution in [0, 0.1) is 0 Å². The van der Waals surface area contributed by atoms with E-state index in [-0.39, 0.29) is 12.4 Å². The second-order valence-electron chi connectivity index (χ2n) is 5.81. The van der Waals surface area contributed by atoms with Gasteiger partial charge in [0.15, 0.2) is 0 Å². The van der Waals surface area contributed by atoms with Gasteiger partial charge >= 0.3 is 0 Å². The largest absolute Gasteiger partial charge is 0.483 e. The van der Waals surface area contributed by atoms with Gasteiger partial charge in [0.25, 0.3) is 6.47 Å². The minimum absolute atomic E-state index is 0.0680. The van der Waals surface area contributed by atoms with E-state index in [1.807, 2.05) is 29.1 Å². The minimum atomic E-state index is -0.250. The summed E-state index contributed by atoms with van der Waals surface area (Å²) >= 11 is 0. The topological polar surface area (TPSA) is 74.6 Å². The molecule has 3 rings (SSSR count). The fourth-order valence-electron chi connectivity index (χ4n) is 2.88. The summed E-state index contributed by atoms with van der Waals surface area (Å²) < 4.78 is 1.88. The normalized spacial score (nSPS) is 16.5. The molecule has 1 aliphatic rings. The first kappa shape index (κ1) is 17.7. The van der Waals surface area contributed by atoms with Crippen molar-refractivity contribution in [2.45, 2.75) is 25.6 Å². The van der Waals surface area contributed by atoms with Crippen LogP contribution in [0.4, 0.5) is 0 Å². The lowest BCUT2D eigenvalue weighted by molar-refractivity contribution is -0.123. The highest BCUT2D eigenvalue weighted by Crippen LogP contribution is 2.21. The third-order valence-electron chi connectivity index (χ3n) is 4.14. The second-order valence-corrected chi connectivity index (χ2v) is 5.81. The Morgan fingerprint density at radius 2 is 1.88 bits per heavy atom. The first-order valence-corrected chi connectivity index (χ1v) is 7.86. The zero-order valence-corrected chi connectivity index (χ0v) is 13.8. The van der Waals surface area contributed by atoms with E-state index >= 15 is 0 Å². The number of likely N-dealkylation sites (N-methyl/N-ethyl adjacent to an activating group) is 1. The SMILES string of the molecule is CN1Cc2ccccc2CC1CNC(=O)Cn1cccc1.O=CO. The van der Waals surface area contributed by atoms with Crippen LogP contribution in [0.15, 0.2) is 48.8 Å². The highest BCUT2D eigenvalue weighted by atomic mass is 16.3. The van der Waals surface area contributed by atoms with Crippen LogP contribution in [0.3, 0.4) is 0 Å². The smallest absolute Gasteiger partial charge is 0.290 e. The van der Waals surface area contributed by atoms with E-state index in [4.69, 9.17) is 9.90 Å². The van der Waals surface area contributed by atoms with Crippen molar-refractivity contribution in [3.05, 3.63) is 59.9 Å². The molecule has 1 amide bonds. The summed E-state index contributed by atoms with van der Waals surface area (Å²) in [6.45, 7) is 1.79. The van der Waals surface area contributed by atoms with Gasteiger partial charge in [-0.1, -0.05) is 24.3 Å². The summed E-state index contributed by atoms with van der Waals surface area (Å²) in [5, 5.41) is 9.94. The van der Waals surface area contributed by atoms with E-state index in [0.29, 0.717) is 19.1 Å². The maximum atomic E-state index is 12.0. The predicted octanol–water partition coefficient (Wildman–Crippen LogP) is 1.36. The maximum Gasteiger partial charge on any atom is 0.290 e. The molecule has 0 bridgehead atoms. The number of rotatable bonds is 4. The monoisotopic (exact) mass is 329 g/mol. The van der Waals surface area contributed by atoms with Crippen LogP contribution in [0.25, 0.3) is 0 Å². The van der Waals surface area contributed by atoms with E-state index in [1.165, 1.54) is 11.1 Å². The van der Waals surface area contributed by atoms with Gasteiger partial charge in [-0.15, -0.1) is 0 Å². The summed E-state index contributed by atoms with van der Waals surface area (Å²) in [5.41, 5.74) is 2.80. The summed E-state index contributed by atoms with van der Waals surface area (Å²) in [7, 11) is 2.12. The fraction of sp³-hybridized carbons (Fsp3) is 0.333. The summed E-state index contributed by atoms with van der Waals surface area (Å²) in [5.74, 6) is 0.0680. The molecule has 0 aliphatic carbocycles. The lowest BCUT2D eigenvalue weighted by atomic mass is 9.94. The molecule has 1 atom stereocenters. The van der Waals surface area contributed by atoms with Crippen LogP contribution in [0.1, 0.15) is 11.1 Å². The minimum Gasteiger partial charge on any atom is -0.483 e. The Kier molecular flexibility index (Phi) is 6.57. The van der Waals surface area contributed by atoms with Gasteiger partial charge in [0.2, 0.25) is 5.91 Å². The van der Waals surface area contributed by atoms with Crippen molar-refractivity contribution in [3.8, 4) is 0 Å². The van der Waals surface area contributed by atoms with E-state index < -0.39 is 0 Å². The van der Waals surface area contributed by atoms with Crippen molar-refractivity contribution in [2.24, 2.45) is 0 Å². The van der Waals surface area contributed by atoms with Crippen molar-refractivity contribution in [3.63, 3.8) is 0 Å². The van der Waals surface area contributed by atoms with Crippen molar-refractivity contribution in [1.82, 2.24) is 14.8 Å². The van der Waals surface area contributed by atoms with Crippen LogP contribution < -0.4 is 5.32 Å². The van der Waals surface area contributed by atoms with Gasteiger partial charge in [-0.3, -0.25) is 14.5 Å². The second kappa shape index (κ2) is 8.88. The summed E-state index contributed by atoms with van der Waals surface area (Å²) in [6, 6.07) is 12.8. The zero-order valence-electron chi connectivity index (χ0n) is 13.8. The Hall–Kier alpha value is -2.60. The molecule has 0 radical (unpaired) electrons. The highest BCUT2D eigenvalue weighted by molar-refractivity contribution is 5.75. The van der Waals surface area contributed by atoms with Crippen molar-refractivity contribution >= 4 is 12.4 Å². The number of carbonyl (C=O) groups is 2. The molecule has 0 saturated heterocycles. The summed E-state index contributed by atoms with van der Waals surface area (Å²) in [4.78, 5) is 22.6. The molecule has 24 heavy (non-hydrogen) atoms. The molecule has 2 aromatic rings. The van der Waals surface area contributed by atoms with Gasteiger partial charge in [0, 0.05) is 31.5 Å². The first-order chi connectivity index (χ1) is 11.6. The number of amides is 1. The molecule has 6 heteroatoms. The van der Waals surface area contributed by atoms with E-state index in [2.05, 4.69) is 41.5 Å². The number of benzene rings is 1. The number of nitrogens with zero attached hydrogens (tertiary/aromatic N) is 2. The van der Waals surface area contributed by atoms with Gasteiger partial charge in [0.1, 0.15) is 6.54 Å². The van der Waals surface area contributed by atoms with Gasteiger partial charge < -0.3 is 15.0 Å². The molecule has 128 valence electrons. The molecule has 1 aliphatic heterocycles. The number of carbonyl (C=O) groups excluding carboxylic acids is 1. The summed E-state index contributed by atoms with van der Waals surface area (Å²) in [6.07, 6.45) is 4.81. The van der Waals surface area contributed by atoms with Gasteiger partial charge in [-0.05, 0) is 36.7 Å². The average molecular weight is 329 g/mol. The number of fused-ring (bicyclic) bond motifs is 1. The quantitative estimate of drug-likeness (QED) is 0.831. The number of carboxylic acid groups (broad SMARTS) is 1. The van der Waals surface area contributed by atoms with Crippen LogP contribution >= 0.6 is 0 Å². The number of hydrogen-bond acceptors (Lipinski definition) is 3. The molecular formula is C18H23N3O3. The zero-order chi connectivity index (χ0) is 17.4. The lowest BCUT2D eigenvalue weighted by Gasteiger charge is -2.34. The van der Waals surface area contributed by atoms with Gasteiger partial charge in [0.05, 0.1) is 0 Å². The van der Waals surface area contributed by atoms with Crippen LogP contribution in [0.2, 0.25) is 0 Å². The third-order valence-corrected chi connectivity index (χ3v) is 4.14. The molecular weight excluding hydrogens is 306 g/mol. The maximum absolute atomic E-state index is 12.0. The van der Waals surface area contributed by atoms with Gasteiger partial charge in [-0.25, -0.2) is 0 Å². The Morgan fingerprint density at radius 1 is 1.25 bits per heavy atom. The standard InChI is InChI=1S/C17H21N3O.CH2O2/c1-19-12-15-7-3-2-6-14(15)10-16(19)11-18-17(21)13-20-8-4-5-9-20;2-1-3/h2-9,16H,10-13H2,1H3,(H,18,21);1H,(H,2,3). The number of aromatic nitrogens is 1. The highest BCUT2D eigenvalue weighted by Gasteiger charge is 2.23. The van der Waals surface area contributed by atoms with Crippen molar-refractivity contribution in [2.75, 3.05) is 13.6 Å². The Labute approximate surface area is 141 Å². The number of nitrogens with one attached hydrogen (secondary N) is 1. The molecule has 1 unspecified atom stereocenters. The Balaban J connectivity index is 0.000000647. The Morgan fingerprint density at radius 3 is 2.54 bits per heavy atom. The fourth-order valence-corrected chi connectivity index (χ4v) is 2.88. The Bertz CT molecular complexity index is 655. The lowest BCUT2D eigenvalue weighted by Crippen LogP contribution is -2.46. The van der Waals surface area contributed by atoms with E-state index in [0.717, 1.165) is 13.0 Å². The predicted molar refractivity (Wildman–Crippen MR) is 91.5 cm³/mol. The first-order valence-electron chi connectivity index (χ1n) is 7.86. The van der Waals surface area contributed by atoms with Crippen LogP contribution in [-0.2, 0) is 29.1 Å². The van der Waals surface area contributed by atoms with Gasteiger partial charge in [-0.2, -0.15) is 0 Å². The molecule has 1 aromatic carbocycles. The molecule has 2 heterocycles. The van der Waals surface area contributed by atoms with Crippen molar-refractivity contribution in [1.29, 1.82) is 0 Å². The third kappa shape index (κ3) is 4.96. The van der Waals surface area contributed by atoms with Crippen LogP contribution in [-0.4, -0.2) is 46.6 Å². The molecule has 1 aromatic heterocycles. The van der Waals surface area contributed by atoms with Crippen LogP contribution in [0.5, 0.6) is 0 Å². The average Bonchev–Trinajstić information content (AvgIpc) is 3.06. The molecule has 0 fully saturated rings. The molecule has 6 nitrogen and oxygen atoms in total. The number of hydrogen-bond donors (Lipinski definition) is 2. The van der Waals surface area contributed by atoms with E-state index in [1.54, 1.807) is 0 Å². The molecule has 2 N–H and O–H groups in total. The van der Waals surface area contributed by atoms with E-state index in [9.17, 15) is 4.79 Å².